The van der Waals surface area contributed by atoms with Gasteiger partial charge in [-0.25, -0.2) is 0 Å². The van der Waals surface area contributed by atoms with Crippen LogP contribution in [0, 0.1) is 0 Å². The first-order valence-electron chi connectivity index (χ1n) is 11.8. The summed E-state index contributed by atoms with van der Waals surface area (Å²) >= 11 is 0. The molecule has 0 radical (unpaired) electrons. The first-order chi connectivity index (χ1) is 15.5. The molecule has 1 fully saturated rings. The summed E-state index contributed by atoms with van der Waals surface area (Å²) in [5.74, 6) is 1.68. The molecule has 0 aliphatic heterocycles. The number of rotatable bonds is 8. The molecule has 1 N–H and O–H groups in total. The van der Waals surface area contributed by atoms with Crippen molar-refractivity contribution < 1.29 is 9.84 Å². The van der Waals surface area contributed by atoms with Gasteiger partial charge >= 0.3 is 0 Å². The van der Waals surface area contributed by atoms with Crippen molar-refractivity contribution in [3.63, 3.8) is 0 Å². The van der Waals surface area contributed by atoms with Crippen LogP contribution in [0.3, 0.4) is 0 Å². The Bertz CT molecular complexity index is 993. The summed E-state index contributed by atoms with van der Waals surface area (Å²) in [6, 6.07) is 27.1. The minimum Gasteiger partial charge on any atom is -0.457 e. The Kier molecular flexibility index (Phi) is 7.29. The molecule has 0 spiro atoms. The van der Waals surface area contributed by atoms with Gasteiger partial charge in [0.25, 0.3) is 0 Å². The molecular formula is C29H35NO2. The van der Waals surface area contributed by atoms with Crippen molar-refractivity contribution in [1.29, 1.82) is 0 Å². The van der Waals surface area contributed by atoms with Gasteiger partial charge < -0.3 is 9.84 Å². The van der Waals surface area contributed by atoms with Crippen LogP contribution in [0.15, 0.2) is 78.9 Å². The zero-order valence-corrected chi connectivity index (χ0v) is 19.3. The SMILES string of the molecule is CN(C)C(c1cccc(Oc2ccccc2)c1)c1ccccc1CCC1(O)CCCCC1. The molecule has 1 aliphatic carbocycles. The molecule has 0 bridgehead atoms. The van der Waals surface area contributed by atoms with Gasteiger partial charge in [0.1, 0.15) is 11.5 Å². The summed E-state index contributed by atoms with van der Waals surface area (Å²) < 4.78 is 6.10. The van der Waals surface area contributed by atoms with Crippen molar-refractivity contribution in [2.45, 2.75) is 56.6 Å². The molecule has 0 aromatic heterocycles. The Morgan fingerprint density at radius 3 is 2.28 bits per heavy atom. The van der Waals surface area contributed by atoms with Crippen LogP contribution in [0.25, 0.3) is 0 Å². The van der Waals surface area contributed by atoms with E-state index in [1.807, 2.05) is 36.4 Å². The lowest BCUT2D eigenvalue weighted by Crippen LogP contribution is -2.32. The second-order valence-electron chi connectivity index (χ2n) is 9.34. The van der Waals surface area contributed by atoms with Crippen molar-refractivity contribution in [2.75, 3.05) is 14.1 Å². The van der Waals surface area contributed by atoms with Gasteiger partial charge in [0, 0.05) is 0 Å². The Labute approximate surface area is 192 Å². The maximum Gasteiger partial charge on any atom is 0.127 e. The molecule has 1 saturated carbocycles. The Morgan fingerprint density at radius 2 is 1.53 bits per heavy atom. The lowest BCUT2D eigenvalue weighted by molar-refractivity contribution is -0.00348. The molecule has 1 atom stereocenters. The van der Waals surface area contributed by atoms with Crippen LogP contribution in [0.1, 0.15) is 61.3 Å². The third-order valence-electron chi connectivity index (χ3n) is 6.66. The van der Waals surface area contributed by atoms with E-state index in [4.69, 9.17) is 4.74 Å². The summed E-state index contributed by atoms with van der Waals surface area (Å²) in [5, 5.41) is 11.0. The normalized spacial score (nSPS) is 16.6. The number of aliphatic hydroxyl groups is 1. The van der Waals surface area contributed by atoms with E-state index in [1.165, 1.54) is 23.1 Å². The number of hydrogen-bond acceptors (Lipinski definition) is 3. The maximum atomic E-state index is 11.0. The molecule has 3 aromatic rings. The van der Waals surface area contributed by atoms with E-state index in [2.05, 4.69) is 61.5 Å². The van der Waals surface area contributed by atoms with Crippen LogP contribution in [-0.2, 0) is 6.42 Å². The monoisotopic (exact) mass is 429 g/mol. The molecule has 0 amide bonds. The van der Waals surface area contributed by atoms with Gasteiger partial charge in [-0.2, -0.15) is 0 Å². The molecular weight excluding hydrogens is 394 g/mol. The number of benzene rings is 3. The highest BCUT2D eigenvalue weighted by Crippen LogP contribution is 2.36. The van der Waals surface area contributed by atoms with E-state index in [-0.39, 0.29) is 6.04 Å². The molecule has 4 rings (SSSR count). The van der Waals surface area contributed by atoms with E-state index in [1.54, 1.807) is 0 Å². The second kappa shape index (κ2) is 10.3. The fourth-order valence-electron chi connectivity index (χ4n) is 4.98. The van der Waals surface area contributed by atoms with Crippen LogP contribution in [0.5, 0.6) is 11.5 Å². The molecule has 168 valence electrons. The van der Waals surface area contributed by atoms with Crippen molar-refractivity contribution >= 4 is 0 Å². The third kappa shape index (κ3) is 5.59. The topological polar surface area (TPSA) is 32.7 Å². The van der Waals surface area contributed by atoms with Gasteiger partial charge in [-0.15, -0.1) is 0 Å². The standard InChI is InChI=1S/C29H35NO2/c1-30(2)28(24-13-11-16-26(22-24)32-25-14-5-3-6-15-25)27-17-8-7-12-23(27)18-21-29(31)19-9-4-10-20-29/h3,5-8,11-17,22,28,31H,4,9-10,18-21H2,1-2H3. The molecule has 3 heteroatoms. The summed E-state index contributed by atoms with van der Waals surface area (Å²) in [7, 11) is 4.25. The Morgan fingerprint density at radius 1 is 0.844 bits per heavy atom. The van der Waals surface area contributed by atoms with Crippen LogP contribution in [0.4, 0.5) is 0 Å². The number of aryl methyl sites for hydroxylation is 1. The number of hydrogen-bond donors (Lipinski definition) is 1. The van der Waals surface area contributed by atoms with Crippen molar-refractivity contribution in [3.05, 3.63) is 95.6 Å². The van der Waals surface area contributed by atoms with Crippen molar-refractivity contribution in [3.8, 4) is 11.5 Å². The number of para-hydroxylation sites is 1. The zero-order chi connectivity index (χ0) is 22.4. The molecule has 3 aromatic carbocycles. The smallest absolute Gasteiger partial charge is 0.127 e. The number of ether oxygens (including phenoxy) is 1. The summed E-state index contributed by atoms with van der Waals surface area (Å²) in [5.41, 5.74) is 3.32. The van der Waals surface area contributed by atoms with E-state index >= 15 is 0 Å². The first kappa shape index (κ1) is 22.6. The molecule has 0 saturated heterocycles. The van der Waals surface area contributed by atoms with Crippen LogP contribution in [0.2, 0.25) is 0 Å². The van der Waals surface area contributed by atoms with E-state index in [9.17, 15) is 5.11 Å². The minimum absolute atomic E-state index is 0.117. The highest BCUT2D eigenvalue weighted by Gasteiger charge is 2.29. The third-order valence-corrected chi connectivity index (χ3v) is 6.66. The van der Waals surface area contributed by atoms with Crippen LogP contribution in [-0.4, -0.2) is 29.7 Å². The Hall–Kier alpha value is -2.62. The van der Waals surface area contributed by atoms with Gasteiger partial charge in [-0.05, 0) is 80.7 Å². The molecule has 0 heterocycles. The van der Waals surface area contributed by atoms with Gasteiger partial charge in [0.2, 0.25) is 0 Å². The first-order valence-corrected chi connectivity index (χ1v) is 11.8. The second-order valence-corrected chi connectivity index (χ2v) is 9.34. The average molecular weight is 430 g/mol. The predicted octanol–water partition coefficient (Wildman–Crippen LogP) is 6.76. The number of nitrogens with zero attached hydrogens (tertiary/aromatic N) is 1. The fourth-order valence-corrected chi connectivity index (χ4v) is 4.98. The highest BCUT2D eigenvalue weighted by molar-refractivity contribution is 5.41. The molecule has 3 nitrogen and oxygen atoms in total. The minimum atomic E-state index is -0.498. The Balaban J connectivity index is 1.59. The summed E-state index contributed by atoms with van der Waals surface area (Å²) in [6.07, 6.45) is 7.15. The summed E-state index contributed by atoms with van der Waals surface area (Å²) in [6.45, 7) is 0. The van der Waals surface area contributed by atoms with Gasteiger partial charge in [0.05, 0.1) is 11.6 Å². The average Bonchev–Trinajstić information content (AvgIpc) is 2.80. The molecule has 32 heavy (non-hydrogen) atoms. The quantitative estimate of drug-likeness (QED) is 0.429. The summed E-state index contributed by atoms with van der Waals surface area (Å²) in [4.78, 5) is 2.26. The fraction of sp³-hybridized carbons (Fsp3) is 0.379. The van der Waals surface area contributed by atoms with Gasteiger partial charge in [-0.3, -0.25) is 4.90 Å². The van der Waals surface area contributed by atoms with Crippen LogP contribution < -0.4 is 4.74 Å². The largest absolute Gasteiger partial charge is 0.457 e. The molecule has 1 unspecified atom stereocenters. The predicted molar refractivity (Wildman–Crippen MR) is 131 cm³/mol. The van der Waals surface area contributed by atoms with E-state index < -0.39 is 5.60 Å². The van der Waals surface area contributed by atoms with E-state index in [0.717, 1.165) is 50.0 Å². The molecule has 1 aliphatic rings. The lowest BCUT2D eigenvalue weighted by Gasteiger charge is -2.33. The highest BCUT2D eigenvalue weighted by atomic mass is 16.5. The van der Waals surface area contributed by atoms with Crippen LogP contribution >= 0.6 is 0 Å². The van der Waals surface area contributed by atoms with E-state index in [0.29, 0.717) is 0 Å². The van der Waals surface area contributed by atoms with Crippen molar-refractivity contribution in [2.24, 2.45) is 0 Å². The lowest BCUT2D eigenvalue weighted by atomic mass is 9.80. The van der Waals surface area contributed by atoms with Crippen molar-refractivity contribution in [1.82, 2.24) is 4.90 Å². The van der Waals surface area contributed by atoms with Gasteiger partial charge in [0.15, 0.2) is 0 Å². The zero-order valence-electron chi connectivity index (χ0n) is 19.3. The van der Waals surface area contributed by atoms with Gasteiger partial charge in [-0.1, -0.05) is 73.9 Å². The maximum absolute atomic E-state index is 11.0.